The lowest BCUT2D eigenvalue weighted by Crippen LogP contribution is -2.10. The van der Waals surface area contributed by atoms with Gasteiger partial charge in [0.15, 0.2) is 0 Å². The number of hydrogen-bond acceptors (Lipinski definition) is 11. The smallest absolute Gasteiger partial charge is 0.123 e. The number of thiophene rings is 8. The Kier molecular flexibility index (Phi) is 36.4. The SMILES string of the molecule is CC(C)(C)c1cc2ccccc2[nH]1.CC(C)(C)c1cc2ccccc2s1.CC(C)(C)c1cc2ccccc2s1.CC(C)(C)c1cc2cccnc2s1.CC(C)(C)c1cc2ccncc2s1.CC(C)(C)c1cc2cnccc2s1.CC(C)(C)c1ccc2[nH]ccc2c1.CC(C)(C)c1ccc2ccccc2c1.CC(C)(C)c1cccc2sccc12.CC(C)(C)c1cccs1.CC(C)(C)c1csc2ccccc12. The summed E-state index contributed by atoms with van der Waals surface area (Å²) in [6.45, 7) is 74.1. The Morgan fingerprint density at radius 3 is 1.16 bits per heavy atom. The molecule has 0 fully saturated rings. The first-order valence-electron chi connectivity index (χ1n) is 49.0. The monoisotopic (exact) mass is 2000 g/mol. The Morgan fingerprint density at radius 1 is 0.229 bits per heavy atom. The zero-order valence-electron chi connectivity index (χ0n) is 89.6. The van der Waals surface area contributed by atoms with Crippen LogP contribution < -0.4 is 0 Å². The van der Waals surface area contributed by atoms with E-state index in [1.54, 1.807) is 11.3 Å². The van der Waals surface area contributed by atoms with Crippen LogP contribution in [0.4, 0.5) is 0 Å². The molecular formula is C127H153N5S8. The van der Waals surface area contributed by atoms with Crippen molar-refractivity contribution >= 4 is 194 Å². The van der Waals surface area contributed by atoms with Crippen molar-refractivity contribution in [2.24, 2.45) is 0 Å². The predicted octanol–water partition coefficient (Wildman–Crippen LogP) is 41.7. The molecule has 13 heterocycles. The summed E-state index contributed by atoms with van der Waals surface area (Å²) in [7, 11) is 0. The molecule has 734 valence electrons. The summed E-state index contributed by atoms with van der Waals surface area (Å²) in [5.41, 5.74) is 12.3. The molecule has 13 aromatic heterocycles. The number of H-pyrrole nitrogens is 2. The van der Waals surface area contributed by atoms with Gasteiger partial charge in [-0.25, -0.2) is 4.98 Å². The van der Waals surface area contributed by atoms with E-state index in [9.17, 15) is 0 Å². The van der Waals surface area contributed by atoms with Crippen molar-refractivity contribution in [3.63, 3.8) is 0 Å². The maximum Gasteiger partial charge on any atom is 0.123 e. The fraction of sp³-hybridized carbons (Fsp3) is 0.346. The van der Waals surface area contributed by atoms with Crippen LogP contribution in [0.1, 0.15) is 286 Å². The molecule has 0 bridgehead atoms. The Bertz CT molecular complexity index is 6560. The summed E-state index contributed by atoms with van der Waals surface area (Å²) in [5.74, 6) is 0. The summed E-state index contributed by atoms with van der Waals surface area (Å²) in [6, 6.07) is 93.0. The summed E-state index contributed by atoms with van der Waals surface area (Å²) >= 11 is 14.8. The highest BCUT2D eigenvalue weighted by atomic mass is 32.1. The van der Waals surface area contributed by atoms with Gasteiger partial charge in [-0.05, 0) is 256 Å². The lowest BCUT2D eigenvalue weighted by molar-refractivity contribution is 0.574. The van der Waals surface area contributed by atoms with Crippen LogP contribution in [0.15, 0.2) is 314 Å². The van der Waals surface area contributed by atoms with Crippen LogP contribution in [-0.2, 0) is 59.6 Å². The second kappa shape index (κ2) is 46.1. The maximum atomic E-state index is 4.33. The first kappa shape index (κ1) is 110. The summed E-state index contributed by atoms with van der Waals surface area (Å²) in [4.78, 5) is 29.0. The number of aromatic amines is 2. The molecule has 8 aromatic carbocycles. The second-order valence-electron chi connectivity index (χ2n) is 47.5. The molecule has 0 saturated carbocycles. The first-order chi connectivity index (χ1) is 65.4. The molecule has 0 radical (unpaired) electrons. The number of hydrogen-bond donors (Lipinski definition) is 2. The number of fused-ring (bicyclic) bond motifs is 10. The molecule has 0 unspecified atom stereocenters. The van der Waals surface area contributed by atoms with Crippen molar-refractivity contribution in [1.29, 1.82) is 0 Å². The van der Waals surface area contributed by atoms with Gasteiger partial charge < -0.3 is 9.97 Å². The topological polar surface area (TPSA) is 70.2 Å². The lowest BCUT2D eigenvalue weighted by Gasteiger charge is -2.19. The van der Waals surface area contributed by atoms with Gasteiger partial charge in [0.05, 0.1) is 4.70 Å². The number of nitrogens with zero attached hydrogens (tertiary/aromatic N) is 3. The van der Waals surface area contributed by atoms with Gasteiger partial charge in [0, 0.05) is 123 Å². The highest BCUT2D eigenvalue weighted by Gasteiger charge is 2.25. The van der Waals surface area contributed by atoms with Gasteiger partial charge in [0.1, 0.15) is 4.83 Å². The Morgan fingerprint density at radius 2 is 0.657 bits per heavy atom. The van der Waals surface area contributed by atoms with Crippen molar-refractivity contribution in [2.75, 3.05) is 0 Å². The quantitative estimate of drug-likeness (QED) is 0.159. The molecule has 140 heavy (non-hydrogen) atoms. The number of benzene rings is 8. The van der Waals surface area contributed by atoms with E-state index >= 15 is 0 Å². The molecule has 21 rings (SSSR count). The van der Waals surface area contributed by atoms with E-state index in [4.69, 9.17) is 0 Å². The van der Waals surface area contributed by atoms with Crippen LogP contribution >= 0.6 is 90.7 Å². The highest BCUT2D eigenvalue weighted by Crippen LogP contribution is 2.42. The van der Waals surface area contributed by atoms with E-state index in [0.717, 1.165) is 4.83 Å². The van der Waals surface area contributed by atoms with E-state index < -0.39 is 0 Å². The molecular weight excluding hydrogens is 1850 g/mol. The molecule has 0 amide bonds. The van der Waals surface area contributed by atoms with Crippen LogP contribution in [0.3, 0.4) is 0 Å². The Labute approximate surface area is 870 Å². The zero-order chi connectivity index (χ0) is 102. The van der Waals surface area contributed by atoms with Crippen LogP contribution in [0.25, 0.3) is 103 Å². The van der Waals surface area contributed by atoms with Crippen molar-refractivity contribution in [1.82, 2.24) is 24.9 Å². The third kappa shape index (κ3) is 31.5. The van der Waals surface area contributed by atoms with Gasteiger partial charge in [-0.3, -0.25) is 9.97 Å². The van der Waals surface area contributed by atoms with Crippen LogP contribution in [0, 0.1) is 0 Å². The minimum absolute atomic E-state index is 0.207. The molecule has 0 aliphatic heterocycles. The van der Waals surface area contributed by atoms with E-state index in [1.165, 1.54) is 156 Å². The Balaban J connectivity index is 0.000000147. The van der Waals surface area contributed by atoms with Gasteiger partial charge in [-0.15, -0.1) is 90.7 Å². The fourth-order valence-corrected chi connectivity index (χ4v) is 23.3. The van der Waals surface area contributed by atoms with Gasteiger partial charge in [0.25, 0.3) is 0 Å². The number of pyridine rings is 3. The van der Waals surface area contributed by atoms with Crippen molar-refractivity contribution < 1.29 is 0 Å². The summed E-state index contributed by atoms with van der Waals surface area (Å²) in [6.07, 6.45) is 11.4. The van der Waals surface area contributed by atoms with Crippen LogP contribution in [-0.4, -0.2) is 24.9 Å². The summed E-state index contributed by atoms with van der Waals surface area (Å²) in [5, 5.41) is 21.2. The van der Waals surface area contributed by atoms with Gasteiger partial charge in [0.2, 0.25) is 0 Å². The molecule has 21 aromatic rings. The van der Waals surface area contributed by atoms with Crippen LogP contribution in [0.2, 0.25) is 0 Å². The van der Waals surface area contributed by atoms with Crippen molar-refractivity contribution in [3.8, 4) is 0 Å². The average molecular weight is 2010 g/mol. The number of rotatable bonds is 0. The van der Waals surface area contributed by atoms with Gasteiger partial charge in [-0.1, -0.05) is 374 Å². The lowest BCUT2D eigenvalue weighted by atomic mass is 9.85. The third-order valence-corrected chi connectivity index (χ3v) is 34.5. The van der Waals surface area contributed by atoms with Crippen molar-refractivity contribution in [3.05, 3.63) is 371 Å². The minimum Gasteiger partial charge on any atom is -0.361 e. The maximum absolute atomic E-state index is 4.33. The molecule has 0 saturated heterocycles. The molecule has 2 N–H and O–H groups in total. The fourth-order valence-electron chi connectivity index (χ4n) is 15.0. The minimum atomic E-state index is 0.207. The molecule has 13 heteroatoms. The zero-order valence-corrected chi connectivity index (χ0v) is 96.2. The predicted molar refractivity (Wildman–Crippen MR) is 637 cm³/mol. The number of para-hydroxylation sites is 1. The standard InChI is InChI=1S/C14H16.2C12H15N.4C12H14S.3C11H13NS.C8H12S/c1-14(2,3)13-9-8-11-6-4-5-7-12(11)10-13;1-12(2,3)10-4-5-11-9(8-10)6-7-13-11;1-12(2,3)11-8-9-6-4-5-7-10(9)13-11;1-12(2,3)10-5-4-6-11-9(10)7-8-13-11;1-12(2,3)10-8-13-11-7-5-4-6-9(10)11;2*1-12(2,3)11-8-9-6-4-5-7-10(9)13-11;1-11(2,3)10-6-8-7-12-5-4-9(8)13-10;1-11(2,3)10-6-8-4-5-12-7-9(8)13-10;1-11(2,3)9-7-8-5-4-6-12-10(8)13-9;1-8(2,3)7-5-4-6-9-7/h4-10H,1-3H3;2*4-8,13H,1-3H3;4*4-8H,1-3H3;3*4-7H,1-3H3;4-6H,1-3H3. The highest BCUT2D eigenvalue weighted by molar-refractivity contribution is 7.21. The second-order valence-corrected chi connectivity index (χ2v) is 55.6. The van der Waals surface area contributed by atoms with E-state index in [1.807, 2.05) is 123 Å². The molecule has 0 aliphatic rings. The third-order valence-electron chi connectivity index (χ3n) is 23.7. The van der Waals surface area contributed by atoms with E-state index in [-0.39, 0.29) is 54.1 Å². The normalized spacial score (nSPS) is 12.2. The van der Waals surface area contributed by atoms with Crippen LogP contribution in [0.5, 0.6) is 0 Å². The summed E-state index contributed by atoms with van der Waals surface area (Å²) < 4.78 is 8.20. The van der Waals surface area contributed by atoms with E-state index in [0.29, 0.717) is 5.41 Å². The van der Waals surface area contributed by atoms with E-state index in [2.05, 4.69) is 524 Å². The Hall–Kier alpha value is -10.0. The van der Waals surface area contributed by atoms with Gasteiger partial charge in [-0.2, -0.15) is 0 Å². The molecule has 0 atom stereocenters. The number of nitrogens with one attached hydrogen (secondary N) is 2. The average Bonchev–Trinajstić information content (AvgIpc) is 1.01. The molecule has 0 aliphatic carbocycles. The molecule has 5 nitrogen and oxygen atoms in total. The first-order valence-corrected chi connectivity index (χ1v) is 55.7. The van der Waals surface area contributed by atoms with Gasteiger partial charge >= 0.3 is 0 Å². The number of aromatic nitrogens is 5. The largest absolute Gasteiger partial charge is 0.361 e. The molecule has 0 spiro atoms. The van der Waals surface area contributed by atoms with Crippen molar-refractivity contribution in [2.45, 2.75) is 288 Å².